The van der Waals surface area contributed by atoms with E-state index in [1.807, 2.05) is 24.3 Å². The van der Waals surface area contributed by atoms with Gasteiger partial charge in [-0.2, -0.15) is 0 Å². The average Bonchev–Trinajstić information content (AvgIpc) is 2.88. The Kier molecular flexibility index (Phi) is 4.33. The number of nitrogens with zero attached hydrogens (tertiary/aromatic N) is 1. The van der Waals surface area contributed by atoms with Crippen LogP contribution in [0, 0.1) is 0 Å². The lowest BCUT2D eigenvalue weighted by atomic mass is 10.1. The smallest absolute Gasteiger partial charge is 0.227 e. The van der Waals surface area contributed by atoms with Crippen LogP contribution in [0.1, 0.15) is 24.0 Å². The Labute approximate surface area is 107 Å². The summed E-state index contributed by atoms with van der Waals surface area (Å²) in [5.74, 6) is 0.104. The third-order valence-corrected chi connectivity index (χ3v) is 3.52. The summed E-state index contributed by atoms with van der Waals surface area (Å²) in [4.78, 5) is 13.9. The fourth-order valence-corrected chi connectivity index (χ4v) is 2.42. The molecule has 1 atom stereocenters. The quantitative estimate of drug-likeness (QED) is 0.823. The zero-order valence-electron chi connectivity index (χ0n) is 10.5. The van der Waals surface area contributed by atoms with E-state index >= 15 is 0 Å². The van der Waals surface area contributed by atoms with Gasteiger partial charge in [0.1, 0.15) is 0 Å². The summed E-state index contributed by atoms with van der Waals surface area (Å²) >= 11 is 0. The average molecular weight is 248 g/mol. The molecule has 3 N–H and O–H groups in total. The first kappa shape index (κ1) is 13.1. The Morgan fingerprint density at radius 2 is 2.00 bits per heavy atom. The minimum absolute atomic E-state index is 0.0146. The van der Waals surface area contributed by atoms with Crippen LogP contribution in [0.3, 0.4) is 0 Å². The van der Waals surface area contributed by atoms with Crippen LogP contribution in [0.5, 0.6) is 0 Å². The van der Waals surface area contributed by atoms with Crippen LogP contribution in [0.15, 0.2) is 24.3 Å². The van der Waals surface area contributed by atoms with E-state index in [1.54, 1.807) is 4.90 Å². The molecule has 0 radical (unpaired) electrons. The molecule has 18 heavy (non-hydrogen) atoms. The molecule has 1 aliphatic heterocycles. The lowest BCUT2D eigenvalue weighted by Gasteiger charge is -2.23. The molecule has 4 nitrogen and oxygen atoms in total. The molecule has 2 rings (SSSR count). The van der Waals surface area contributed by atoms with Crippen molar-refractivity contribution in [2.75, 3.05) is 13.2 Å². The van der Waals surface area contributed by atoms with Gasteiger partial charge in [-0.15, -0.1) is 0 Å². The first-order chi connectivity index (χ1) is 8.74. The van der Waals surface area contributed by atoms with Crippen molar-refractivity contribution in [1.29, 1.82) is 0 Å². The molecular formula is C14H20N2O2. The van der Waals surface area contributed by atoms with Crippen molar-refractivity contribution in [3.05, 3.63) is 35.4 Å². The van der Waals surface area contributed by atoms with Crippen molar-refractivity contribution in [3.63, 3.8) is 0 Å². The van der Waals surface area contributed by atoms with Gasteiger partial charge in [-0.05, 0) is 24.0 Å². The van der Waals surface area contributed by atoms with Crippen molar-refractivity contribution in [3.8, 4) is 0 Å². The maximum absolute atomic E-state index is 12.1. The van der Waals surface area contributed by atoms with Gasteiger partial charge in [-0.25, -0.2) is 0 Å². The highest BCUT2D eigenvalue weighted by atomic mass is 16.3. The lowest BCUT2D eigenvalue weighted by molar-refractivity contribution is -0.131. The summed E-state index contributed by atoms with van der Waals surface area (Å²) in [5, 5.41) is 9.21. The highest BCUT2D eigenvalue weighted by Gasteiger charge is 2.27. The minimum Gasteiger partial charge on any atom is -0.394 e. The SMILES string of the molecule is NCc1ccc(CC(=O)N2CCC[C@@H]2CO)cc1. The van der Waals surface area contributed by atoms with E-state index in [1.165, 1.54) is 0 Å². The molecule has 1 aromatic rings. The summed E-state index contributed by atoms with van der Waals surface area (Å²) in [7, 11) is 0. The number of aliphatic hydroxyl groups is 1. The number of carbonyl (C=O) groups is 1. The van der Waals surface area contributed by atoms with E-state index in [-0.39, 0.29) is 18.6 Å². The molecule has 1 amide bonds. The highest BCUT2D eigenvalue weighted by Crippen LogP contribution is 2.18. The number of aliphatic hydroxyl groups excluding tert-OH is 1. The van der Waals surface area contributed by atoms with Gasteiger partial charge in [0.15, 0.2) is 0 Å². The van der Waals surface area contributed by atoms with Crippen LogP contribution >= 0.6 is 0 Å². The molecule has 4 heteroatoms. The van der Waals surface area contributed by atoms with Crippen LogP contribution in [-0.4, -0.2) is 35.1 Å². The summed E-state index contributed by atoms with van der Waals surface area (Å²) in [6.07, 6.45) is 2.30. The number of amides is 1. The van der Waals surface area contributed by atoms with E-state index in [2.05, 4.69) is 0 Å². The van der Waals surface area contributed by atoms with Crippen molar-refractivity contribution in [2.45, 2.75) is 31.8 Å². The maximum atomic E-state index is 12.1. The van der Waals surface area contributed by atoms with Crippen LogP contribution in [0.25, 0.3) is 0 Å². The van der Waals surface area contributed by atoms with Crippen molar-refractivity contribution >= 4 is 5.91 Å². The van der Waals surface area contributed by atoms with Gasteiger partial charge in [0.2, 0.25) is 5.91 Å². The number of hydrogen-bond donors (Lipinski definition) is 2. The first-order valence-corrected chi connectivity index (χ1v) is 6.43. The Balaban J connectivity index is 1.97. The number of benzene rings is 1. The van der Waals surface area contributed by atoms with Crippen LogP contribution < -0.4 is 5.73 Å². The Morgan fingerprint density at radius 1 is 1.33 bits per heavy atom. The van der Waals surface area contributed by atoms with Crippen LogP contribution in [-0.2, 0) is 17.8 Å². The van der Waals surface area contributed by atoms with Crippen LogP contribution in [0.2, 0.25) is 0 Å². The van der Waals surface area contributed by atoms with Gasteiger partial charge in [-0.1, -0.05) is 24.3 Å². The normalized spacial score (nSPS) is 19.2. The van der Waals surface area contributed by atoms with Gasteiger partial charge in [-0.3, -0.25) is 4.79 Å². The molecule has 0 bridgehead atoms. The van der Waals surface area contributed by atoms with Crippen molar-refractivity contribution in [1.82, 2.24) is 4.90 Å². The van der Waals surface area contributed by atoms with Gasteiger partial charge in [0.05, 0.1) is 19.1 Å². The van der Waals surface area contributed by atoms with Crippen LogP contribution in [0.4, 0.5) is 0 Å². The summed E-state index contributed by atoms with van der Waals surface area (Å²) in [6, 6.07) is 7.82. The lowest BCUT2D eigenvalue weighted by Crippen LogP contribution is -2.38. The third kappa shape index (κ3) is 2.89. The fraction of sp³-hybridized carbons (Fsp3) is 0.500. The molecule has 1 saturated heterocycles. The van der Waals surface area contributed by atoms with Gasteiger partial charge < -0.3 is 15.7 Å². The van der Waals surface area contributed by atoms with E-state index in [0.717, 1.165) is 30.5 Å². The van der Waals surface area contributed by atoms with E-state index in [4.69, 9.17) is 5.73 Å². The zero-order valence-corrected chi connectivity index (χ0v) is 10.5. The Hall–Kier alpha value is -1.39. The minimum atomic E-state index is 0.0146. The van der Waals surface area contributed by atoms with Crippen molar-refractivity contribution < 1.29 is 9.90 Å². The highest BCUT2D eigenvalue weighted by molar-refractivity contribution is 5.79. The molecule has 98 valence electrons. The van der Waals surface area contributed by atoms with Gasteiger partial charge in [0, 0.05) is 13.1 Å². The molecule has 0 saturated carbocycles. The van der Waals surface area contributed by atoms with E-state index < -0.39 is 0 Å². The first-order valence-electron chi connectivity index (χ1n) is 6.43. The standard InChI is InChI=1S/C14H20N2O2/c15-9-12-5-3-11(4-6-12)8-14(18)16-7-1-2-13(16)10-17/h3-6,13,17H,1-2,7-10,15H2/t13-/m1/s1. The molecule has 0 aliphatic carbocycles. The molecule has 1 heterocycles. The molecule has 0 spiro atoms. The molecule has 0 aromatic heterocycles. The zero-order chi connectivity index (χ0) is 13.0. The summed E-state index contributed by atoms with van der Waals surface area (Å²) < 4.78 is 0. The number of likely N-dealkylation sites (tertiary alicyclic amines) is 1. The predicted molar refractivity (Wildman–Crippen MR) is 69.9 cm³/mol. The number of hydrogen-bond acceptors (Lipinski definition) is 3. The van der Waals surface area contributed by atoms with E-state index in [0.29, 0.717) is 13.0 Å². The van der Waals surface area contributed by atoms with E-state index in [9.17, 15) is 9.90 Å². The monoisotopic (exact) mass is 248 g/mol. The van der Waals surface area contributed by atoms with Gasteiger partial charge >= 0.3 is 0 Å². The molecule has 0 unspecified atom stereocenters. The third-order valence-electron chi connectivity index (χ3n) is 3.52. The number of nitrogens with two attached hydrogens (primary N) is 1. The molecule has 1 aromatic carbocycles. The summed E-state index contributed by atoms with van der Waals surface area (Å²) in [5.41, 5.74) is 7.60. The Bertz CT molecular complexity index is 403. The second kappa shape index (κ2) is 5.98. The Morgan fingerprint density at radius 3 is 2.61 bits per heavy atom. The largest absolute Gasteiger partial charge is 0.394 e. The predicted octanol–water partition coefficient (Wildman–Crippen LogP) is 0.671. The maximum Gasteiger partial charge on any atom is 0.227 e. The van der Waals surface area contributed by atoms with Gasteiger partial charge in [0.25, 0.3) is 0 Å². The second-order valence-electron chi connectivity index (χ2n) is 4.76. The molecule has 1 aliphatic rings. The second-order valence-corrected chi connectivity index (χ2v) is 4.76. The number of rotatable bonds is 4. The van der Waals surface area contributed by atoms with Crippen molar-refractivity contribution in [2.24, 2.45) is 5.73 Å². The topological polar surface area (TPSA) is 66.6 Å². The molecule has 1 fully saturated rings. The number of carbonyl (C=O) groups excluding carboxylic acids is 1. The summed E-state index contributed by atoms with van der Waals surface area (Å²) in [6.45, 7) is 1.36. The molecular weight excluding hydrogens is 228 g/mol. The fourth-order valence-electron chi connectivity index (χ4n) is 2.42.